The average molecular weight is 330 g/mol. The first-order valence-corrected chi connectivity index (χ1v) is 6.26. The molecule has 0 bridgehead atoms. The molecule has 1 aliphatic rings. The van der Waals surface area contributed by atoms with Gasteiger partial charge in [-0.05, 0) is 0 Å². The summed E-state index contributed by atoms with van der Waals surface area (Å²) < 4.78 is 7.78. The van der Waals surface area contributed by atoms with Crippen LogP contribution in [0.5, 0.6) is 0 Å². The number of rotatable bonds is 1. The zero-order valence-electron chi connectivity index (χ0n) is 5.88. The first-order chi connectivity index (χ1) is 5.24. The third-order valence-corrected chi connectivity index (χ3v) is 5.23. The quantitative estimate of drug-likeness (QED) is 0.330. The molecule has 0 fully saturated rings. The van der Waals surface area contributed by atoms with Crippen molar-refractivity contribution < 1.29 is 30.7 Å². The second-order valence-electron chi connectivity index (χ2n) is 1.90. The van der Waals surface area contributed by atoms with Crippen LogP contribution in [0.3, 0.4) is 0 Å². The van der Waals surface area contributed by atoms with Gasteiger partial charge in [0.2, 0.25) is 0 Å². The minimum absolute atomic E-state index is 0.0140. The standard InChI is InChI=1S/C7H7BrIO2/c1-11-7(10)6-3-2-5(8)4-9-6/h2-4,6H,1H3/q-1. The predicted octanol–water partition coefficient (Wildman–Crippen LogP) is -1.58. The van der Waals surface area contributed by atoms with Crippen LogP contribution < -0.4 is 21.2 Å². The maximum absolute atomic E-state index is 11.0. The van der Waals surface area contributed by atoms with Gasteiger partial charge in [-0.2, -0.15) is 0 Å². The molecule has 0 aromatic rings. The van der Waals surface area contributed by atoms with E-state index in [0.717, 1.165) is 4.48 Å². The van der Waals surface area contributed by atoms with Crippen LogP contribution in [0.1, 0.15) is 0 Å². The number of alkyl halides is 1. The van der Waals surface area contributed by atoms with E-state index >= 15 is 0 Å². The van der Waals surface area contributed by atoms with Crippen molar-refractivity contribution in [3.05, 3.63) is 20.7 Å². The Balaban J connectivity index is 2.55. The van der Waals surface area contributed by atoms with Crippen molar-refractivity contribution in [2.45, 2.75) is 3.92 Å². The van der Waals surface area contributed by atoms with E-state index in [2.05, 4.69) is 24.7 Å². The predicted molar refractivity (Wildman–Crippen MR) is 42.0 cm³/mol. The van der Waals surface area contributed by atoms with Gasteiger partial charge in [0.1, 0.15) is 0 Å². The second kappa shape index (κ2) is 4.25. The fourth-order valence-electron chi connectivity index (χ4n) is 0.625. The molecule has 0 aromatic heterocycles. The number of methoxy groups -OCH3 is 1. The van der Waals surface area contributed by atoms with Crippen LogP contribution in [-0.2, 0) is 9.53 Å². The van der Waals surface area contributed by atoms with E-state index in [4.69, 9.17) is 0 Å². The first-order valence-electron chi connectivity index (χ1n) is 2.97. The molecule has 4 heteroatoms. The normalized spacial score (nSPS) is 23.5. The number of carbonyl (C=O) groups excluding carboxylic acids is 1. The number of halogens is 2. The molecule has 1 unspecified atom stereocenters. The van der Waals surface area contributed by atoms with Crippen LogP contribution in [0, 0.1) is 0 Å². The first kappa shape index (κ1) is 9.25. The fourth-order valence-corrected chi connectivity index (χ4v) is 3.38. The zero-order chi connectivity index (χ0) is 8.27. The molecule has 62 valence electrons. The van der Waals surface area contributed by atoms with E-state index in [1.807, 2.05) is 12.2 Å². The third kappa shape index (κ3) is 2.59. The van der Waals surface area contributed by atoms with Crippen LogP contribution >= 0.6 is 15.9 Å². The minimum atomic E-state index is -0.208. The molecule has 0 aromatic carbocycles. The molecule has 0 radical (unpaired) electrons. The van der Waals surface area contributed by atoms with Crippen molar-refractivity contribution in [3.8, 4) is 0 Å². The molecule has 0 aliphatic carbocycles. The summed E-state index contributed by atoms with van der Waals surface area (Å²) in [5, 5.41) is 0. The molecular weight excluding hydrogens is 323 g/mol. The van der Waals surface area contributed by atoms with Gasteiger partial charge in [-0.1, -0.05) is 0 Å². The molecule has 11 heavy (non-hydrogen) atoms. The van der Waals surface area contributed by atoms with Gasteiger partial charge in [0.15, 0.2) is 0 Å². The maximum atomic E-state index is 11.0. The molecule has 0 saturated carbocycles. The van der Waals surface area contributed by atoms with E-state index in [1.54, 1.807) is 0 Å². The van der Waals surface area contributed by atoms with Crippen LogP contribution in [0.2, 0.25) is 0 Å². The molecule has 0 saturated heterocycles. The molecule has 1 atom stereocenters. The Bertz CT molecular complexity index is 222. The summed E-state index contributed by atoms with van der Waals surface area (Å²) in [6.07, 6.45) is 3.79. The van der Waals surface area contributed by atoms with E-state index in [1.165, 1.54) is 7.11 Å². The number of esters is 1. The molecule has 1 rings (SSSR count). The Labute approximate surface area is 84.1 Å². The van der Waals surface area contributed by atoms with Crippen molar-refractivity contribution in [1.29, 1.82) is 0 Å². The van der Waals surface area contributed by atoms with Gasteiger partial charge in [0.25, 0.3) is 0 Å². The molecule has 0 N–H and O–H groups in total. The monoisotopic (exact) mass is 329 g/mol. The summed E-state index contributed by atoms with van der Waals surface area (Å²) in [4.78, 5) is 11.0. The Morgan fingerprint density at radius 2 is 2.55 bits per heavy atom. The van der Waals surface area contributed by atoms with Crippen molar-refractivity contribution in [2.24, 2.45) is 0 Å². The van der Waals surface area contributed by atoms with Crippen molar-refractivity contribution in [2.75, 3.05) is 7.11 Å². The van der Waals surface area contributed by atoms with Crippen LogP contribution in [0.15, 0.2) is 20.7 Å². The number of hydrogen-bond acceptors (Lipinski definition) is 2. The molecular formula is C7H7BrIO2-. The molecule has 2 nitrogen and oxygen atoms in total. The Morgan fingerprint density at radius 3 is 3.00 bits per heavy atom. The summed E-state index contributed by atoms with van der Waals surface area (Å²) in [5.41, 5.74) is 0. The summed E-state index contributed by atoms with van der Waals surface area (Å²) in [6.45, 7) is 0. The summed E-state index contributed by atoms with van der Waals surface area (Å²) in [7, 11) is 1.42. The number of allylic oxidation sites excluding steroid dienone is 2. The Hall–Kier alpha value is 0.160. The van der Waals surface area contributed by atoms with Gasteiger partial charge in [0, 0.05) is 0 Å². The van der Waals surface area contributed by atoms with Gasteiger partial charge < -0.3 is 0 Å². The summed E-state index contributed by atoms with van der Waals surface area (Å²) in [5.74, 6) is -0.120. The van der Waals surface area contributed by atoms with Crippen LogP contribution in [0.25, 0.3) is 0 Å². The number of ether oxygens (including phenoxy) is 1. The van der Waals surface area contributed by atoms with Gasteiger partial charge in [0.05, 0.1) is 0 Å². The zero-order valence-corrected chi connectivity index (χ0v) is 9.63. The van der Waals surface area contributed by atoms with E-state index in [0.29, 0.717) is 0 Å². The summed E-state index contributed by atoms with van der Waals surface area (Å²) >= 11 is 3.13. The van der Waals surface area contributed by atoms with E-state index in [9.17, 15) is 4.79 Å². The number of hydrogen-bond donors (Lipinski definition) is 0. The molecule has 1 aliphatic heterocycles. The van der Waals surface area contributed by atoms with Gasteiger partial charge in [-0.25, -0.2) is 0 Å². The van der Waals surface area contributed by atoms with Gasteiger partial charge >= 0.3 is 84.4 Å². The van der Waals surface area contributed by atoms with Crippen LogP contribution in [0.4, 0.5) is 0 Å². The molecule has 0 amide bonds. The SMILES string of the molecule is COC(=O)C1C=CC(Br)=C[I-]1. The van der Waals surface area contributed by atoms with Crippen molar-refractivity contribution in [3.63, 3.8) is 0 Å². The van der Waals surface area contributed by atoms with E-state index < -0.39 is 0 Å². The average Bonchev–Trinajstić information content (AvgIpc) is 2.05. The number of carbonyl (C=O) groups is 1. The van der Waals surface area contributed by atoms with Crippen LogP contribution in [-0.4, -0.2) is 17.0 Å². The van der Waals surface area contributed by atoms with E-state index in [-0.39, 0.29) is 31.1 Å². The topological polar surface area (TPSA) is 26.3 Å². The van der Waals surface area contributed by atoms with Gasteiger partial charge in [-0.3, -0.25) is 0 Å². The van der Waals surface area contributed by atoms with Gasteiger partial charge in [-0.15, -0.1) is 0 Å². The summed E-state index contributed by atoms with van der Waals surface area (Å²) in [6, 6.07) is 0. The van der Waals surface area contributed by atoms with Crippen molar-refractivity contribution >= 4 is 21.9 Å². The third-order valence-electron chi connectivity index (χ3n) is 1.15. The fraction of sp³-hybridized carbons (Fsp3) is 0.286. The molecule has 0 spiro atoms. The molecule has 1 heterocycles. The van der Waals surface area contributed by atoms with Crippen molar-refractivity contribution in [1.82, 2.24) is 0 Å². The second-order valence-corrected chi connectivity index (χ2v) is 5.50. The Kier molecular flexibility index (Phi) is 3.58. The Morgan fingerprint density at radius 1 is 1.82 bits per heavy atom.